The van der Waals surface area contributed by atoms with Crippen LogP contribution >= 0.6 is 15.9 Å². The molecule has 0 bridgehead atoms. The van der Waals surface area contributed by atoms with Gasteiger partial charge >= 0.3 is 11.7 Å². The number of nitro groups is 1. The summed E-state index contributed by atoms with van der Waals surface area (Å²) in [5, 5.41) is 13.3. The van der Waals surface area contributed by atoms with Gasteiger partial charge in [0.15, 0.2) is 0 Å². The number of carbonyl (C=O) groups excluding carboxylic acids is 2. The maximum Gasteiger partial charge on any atom is 0.345 e. The Bertz CT molecular complexity index is 529. The predicted molar refractivity (Wildman–Crippen MR) is 66.4 cm³/mol. The molecule has 0 saturated carbocycles. The van der Waals surface area contributed by atoms with Crippen LogP contribution in [0.1, 0.15) is 17.3 Å². The molecular formula is C10H9BrN2O5. The van der Waals surface area contributed by atoms with E-state index in [1.54, 1.807) is 0 Å². The Morgan fingerprint density at radius 1 is 1.44 bits per heavy atom. The number of benzene rings is 1. The van der Waals surface area contributed by atoms with Gasteiger partial charge in [0, 0.05) is 11.4 Å². The molecule has 96 valence electrons. The van der Waals surface area contributed by atoms with E-state index in [0.29, 0.717) is 4.47 Å². The number of nitro benzene ring substituents is 1. The summed E-state index contributed by atoms with van der Waals surface area (Å²) >= 11 is 3.10. The molecule has 1 aromatic carbocycles. The molecule has 1 rings (SSSR count). The fraction of sp³-hybridized carbons (Fsp3) is 0.200. The minimum Gasteiger partial charge on any atom is -0.465 e. The number of methoxy groups -OCH3 is 1. The Balaban J connectivity index is 3.50. The highest BCUT2D eigenvalue weighted by Crippen LogP contribution is 2.33. The summed E-state index contributed by atoms with van der Waals surface area (Å²) < 4.78 is 4.88. The molecule has 0 spiro atoms. The Hall–Kier alpha value is -1.96. The third kappa shape index (κ3) is 3.04. The Morgan fingerprint density at radius 2 is 2.06 bits per heavy atom. The third-order valence-electron chi connectivity index (χ3n) is 1.97. The number of hydrogen-bond donors (Lipinski definition) is 1. The number of halogens is 1. The normalized spacial score (nSPS) is 9.72. The average molecular weight is 317 g/mol. The largest absolute Gasteiger partial charge is 0.465 e. The van der Waals surface area contributed by atoms with Crippen LogP contribution in [0, 0.1) is 10.1 Å². The van der Waals surface area contributed by atoms with Crippen LogP contribution in [-0.4, -0.2) is 23.9 Å². The molecule has 0 atom stereocenters. The lowest BCUT2D eigenvalue weighted by Crippen LogP contribution is -2.12. The number of nitrogens with one attached hydrogen (secondary N) is 1. The van der Waals surface area contributed by atoms with Crippen LogP contribution in [0.5, 0.6) is 0 Å². The summed E-state index contributed by atoms with van der Waals surface area (Å²) in [6.07, 6.45) is 0. The molecule has 0 saturated heterocycles. The number of nitrogens with zero attached hydrogens (tertiary/aromatic N) is 1. The van der Waals surface area contributed by atoms with Crippen LogP contribution in [-0.2, 0) is 9.53 Å². The lowest BCUT2D eigenvalue weighted by atomic mass is 10.1. The number of amides is 1. The Morgan fingerprint density at radius 3 is 2.50 bits per heavy atom. The highest BCUT2D eigenvalue weighted by molar-refractivity contribution is 9.10. The topological polar surface area (TPSA) is 98.5 Å². The first kappa shape index (κ1) is 14.1. The third-order valence-corrected chi connectivity index (χ3v) is 2.43. The van der Waals surface area contributed by atoms with Crippen LogP contribution in [0.25, 0.3) is 0 Å². The average Bonchev–Trinajstić information content (AvgIpc) is 2.25. The number of hydrogen-bond acceptors (Lipinski definition) is 5. The fourth-order valence-corrected chi connectivity index (χ4v) is 1.80. The van der Waals surface area contributed by atoms with Gasteiger partial charge in [-0.2, -0.15) is 0 Å². The van der Waals surface area contributed by atoms with E-state index in [4.69, 9.17) is 0 Å². The second-order valence-corrected chi connectivity index (χ2v) is 4.20. The van der Waals surface area contributed by atoms with Gasteiger partial charge in [0.1, 0.15) is 11.3 Å². The Kier molecular flexibility index (Phi) is 4.38. The standard InChI is InChI=1S/C10H9BrN2O5/c1-5(14)12-8-4-6(11)3-7(10(15)18-2)9(8)13(16)17/h3-4H,1-2H3,(H,12,14). The van der Waals surface area contributed by atoms with E-state index in [1.165, 1.54) is 19.1 Å². The predicted octanol–water partition coefficient (Wildman–Crippen LogP) is 2.10. The minimum atomic E-state index is -0.852. The fourth-order valence-electron chi connectivity index (χ4n) is 1.35. The van der Waals surface area contributed by atoms with Crippen molar-refractivity contribution < 1.29 is 19.2 Å². The molecule has 0 aromatic heterocycles. The molecular weight excluding hydrogens is 308 g/mol. The second-order valence-electron chi connectivity index (χ2n) is 3.28. The van der Waals surface area contributed by atoms with Gasteiger partial charge in [0.05, 0.1) is 12.0 Å². The lowest BCUT2D eigenvalue weighted by Gasteiger charge is -2.08. The molecule has 1 N–H and O–H groups in total. The van der Waals surface area contributed by atoms with Crippen molar-refractivity contribution in [3.63, 3.8) is 0 Å². The lowest BCUT2D eigenvalue weighted by molar-refractivity contribution is -0.384. The molecule has 1 amide bonds. The van der Waals surface area contributed by atoms with Gasteiger partial charge in [-0.3, -0.25) is 14.9 Å². The molecule has 7 nitrogen and oxygen atoms in total. The van der Waals surface area contributed by atoms with E-state index >= 15 is 0 Å². The summed E-state index contributed by atoms with van der Waals surface area (Å²) in [4.78, 5) is 32.7. The number of rotatable bonds is 3. The smallest absolute Gasteiger partial charge is 0.345 e. The van der Waals surface area contributed by atoms with Crippen LogP contribution in [0.3, 0.4) is 0 Å². The quantitative estimate of drug-likeness (QED) is 0.523. The van der Waals surface area contributed by atoms with E-state index in [0.717, 1.165) is 7.11 Å². The summed E-state index contributed by atoms with van der Waals surface area (Å²) in [5.74, 6) is -1.33. The highest BCUT2D eigenvalue weighted by Gasteiger charge is 2.26. The summed E-state index contributed by atoms with van der Waals surface area (Å²) in [6.45, 7) is 1.21. The van der Waals surface area contributed by atoms with Gasteiger partial charge < -0.3 is 10.1 Å². The molecule has 0 fully saturated rings. The van der Waals surface area contributed by atoms with Gasteiger partial charge in [-0.15, -0.1) is 0 Å². The second kappa shape index (κ2) is 5.58. The van der Waals surface area contributed by atoms with Crippen LogP contribution in [0.15, 0.2) is 16.6 Å². The van der Waals surface area contributed by atoms with Crippen molar-refractivity contribution in [3.05, 3.63) is 32.3 Å². The van der Waals surface area contributed by atoms with Gasteiger partial charge in [-0.25, -0.2) is 4.79 Å². The van der Waals surface area contributed by atoms with Crippen LogP contribution in [0.2, 0.25) is 0 Å². The van der Waals surface area contributed by atoms with Crippen LogP contribution in [0.4, 0.5) is 11.4 Å². The zero-order chi connectivity index (χ0) is 13.9. The minimum absolute atomic E-state index is 0.0673. The van der Waals surface area contributed by atoms with E-state index in [1.807, 2.05) is 0 Å². The summed E-state index contributed by atoms with van der Waals surface area (Å²) in [6, 6.07) is 2.60. The number of ether oxygens (including phenoxy) is 1. The maximum atomic E-state index is 11.5. The molecule has 0 heterocycles. The van der Waals surface area contributed by atoms with E-state index in [2.05, 4.69) is 26.0 Å². The van der Waals surface area contributed by atoms with Crippen molar-refractivity contribution in [2.24, 2.45) is 0 Å². The number of esters is 1. The van der Waals surface area contributed by atoms with Gasteiger partial charge in [0.2, 0.25) is 5.91 Å². The highest BCUT2D eigenvalue weighted by atomic mass is 79.9. The SMILES string of the molecule is COC(=O)c1cc(Br)cc(NC(C)=O)c1[N+](=O)[O-]. The molecule has 0 aliphatic heterocycles. The molecule has 18 heavy (non-hydrogen) atoms. The van der Waals surface area contributed by atoms with Crippen molar-refractivity contribution in [1.29, 1.82) is 0 Å². The molecule has 8 heteroatoms. The zero-order valence-corrected chi connectivity index (χ0v) is 11.1. The van der Waals surface area contributed by atoms with Gasteiger partial charge in [-0.05, 0) is 12.1 Å². The van der Waals surface area contributed by atoms with Gasteiger partial charge in [0.25, 0.3) is 0 Å². The molecule has 0 aliphatic rings. The van der Waals surface area contributed by atoms with Crippen molar-refractivity contribution in [3.8, 4) is 0 Å². The van der Waals surface area contributed by atoms with Crippen molar-refractivity contribution in [1.82, 2.24) is 0 Å². The number of carbonyl (C=O) groups is 2. The molecule has 0 aliphatic carbocycles. The zero-order valence-electron chi connectivity index (χ0n) is 9.52. The first-order chi connectivity index (χ1) is 8.36. The van der Waals surface area contributed by atoms with E-state index in [-0.39, 0.29) is 11.3 Å². The van der Waals surface area contributed by atoms with E-state index < -0.39 is 22.5 Å². The van der Waals surface area contributed by atoms with Crippen molar-refractivity contribution in [2.75, 3.05) is 12.4 Å². The van der Waals surface area contributed by atoms with Crippen LogP contribution < -0.4 is 5.32 Å². The maximum absolute atomic E-state index is 11.5. The van der Waals surface area contributed by atoms with E-state index in [9.17, 15) is 19.7 Å². The Labute approximate surface area is 110 Å². The first-order valence-electron chi connectivity index (χ1n) is 4.70. The molecule has 0 unspecified atom stereocenters. The molecule has 0 radical (unpaired) electrons. The van der Waals surface area contributed by atoms with Crippen molar-refractivity contribution >= 4 is 39.2 Å². The summed E-state index contributed by atoms with van der Waals surface area (Å²) in [5.41, 5.74) is -0.803. The van der Waals surface area contributed by atoms with Gasteiger partial charge in [-0.1, -0.05) is 15.9 Å². The number of anilines is 1. The van der Waals surface area contributed by atoms with Crippen molar-refractivity contribution in [2.45, 2.75) is 6.92 Å². The first-order valence-corrected chi connectivity index (χ1v) is 5.50. The summed E-state index contributed by atoms with van der Waals surface area (Å²) in [7, 11) is 1.12. The molecule has 1 aromatic rings. The monoisotopic (exact) mass is 316 g/mol.